The summed E-state index contributed by atoms with van der Waals surface area (Å²) < 4.78 is 0. The molecule has 0 aromatic carbocycles. The third-order valence-electron chi connectivity index (χ3n) is 3.93. The molecule has 0 unspecified atom stereocenters. The van der Waals surface area contributed by atoms with Gasteiger partial charge in [-0.3, -0.25) is 14.4 Å². The summed E-state index contributed by atoms with van der Waals surface area (Å²) in [5.74, 6) is -0.499. The Labute approximate surface area is 126 Å². The van der Waals surface area contributed by atoms with Gasteiger partial charge in [0.15, 0.2) is 0 Å². The fourth-order valence-electron chi connectivity index (χ4n) is 2.36. The molecule has 1 aliphatic heterocycles. The number of rotatable bonds is 6. The van der Waals surface area contributed by atoms with Crippen LogP contribution in [-0.4, -0.2) is 47.7 Å². The van der Waals surface area contributed by atoms with Crippen molar-refractivity contribution in [1.29, 1.82) is 0 Å². The third kappa shape index (κ3) is 4.27. The minimum absolute atomic E-state index is 0.0218. The molecule has 1 radical (unpaired) electrons. The summed E-state index contributed by atoms with van der Waals surface area (Å²) in [4.78, 5) is 37.0. The van der Waals surface area contributed by atoms with Gasteiger partial charge in [-0.25, -0.2) is 0 Å². The predicted molar refractivity (Wildman–Crippen MR) is 80.0 cm³/mol. The maximum absolute atomic E-state index is 12.3. The molecule has 0 aromatic heterocycles. The van der Waals surface area contributed by atoms with Crippen LogP contribution in [0, 0.1) is 11.8 Å². The Morgan fingerprint density at radius 2 is 1.86 bits per heavy atom. The van der Waals surface area contributed by atoms with E-state index in [2.05, 4.69) is 5.32 Å². The van der Waals surface area contributed by atoms with Gasteiger partial charge in [-0.2, -0.15) is 0 Å². The van der Waals surface area contributed by atoms with Crippen LogP contribution < -0.4 is 11.1 Å². The zero-order valence-electron chi connectivity index (χ0n) is 13.3. The number of carbonyl (C=O) groups excluding carboxylic acids is 3. The van der Waals surface area contributed by atoms with Crippen LogP contribution in [0.15, 0.2) is 0 Å². The molecule has 1 aliphatic rings. The first-order chi connectivity index (χ1) is 9.79. The lowest BCUT2D eigenvalue weighted by molar-refractivity contribution is -0.140. The second-order valence-corrected chi connectivity index (χ2v) is 6.31. The summed E-state index contributed by atoms with van der Waals surface area (Å²) in [7, 11) is 0. The van der Waals surface area contributed by atoms with Crippen LogP contribution in [0.4, 0.5) is 0 Å². The van der Waals surface area contributed by atoms with Crippen LogP contribution in [-0.2, 0) is 14.4 Å². The van der Waals surface area contributed by atoms with E-state index >= 15 is 0 Å². The maximum atomic E-state index is 12.3. The van der Waals surface area contributed by atoms with Gasteiger partial charge in [-0.15, -0.1) is 0 Å². The molecule has 0 aromatic rings. The first kappa shape index (κ1) is 17.6. The Kier molecular flexibility index (Phi) is 6.33. The largest absolute Gasteiger partial charge is 0.344 e. The number of hydrogen-bond donors (Lipinski definition) is 2. The molecule has 3 atom stereocenters. The standard InChI is InChI=1S/C15H26N3O3/c1-9(2)11(8-19)17-14(20)12-6-5-7-18(12)15(21)13(16)10(3)4/h9-13H,5-7,16H2,1-4H3,(H,17,20)/t11-,12+,13+/m1/s1. The van der Waals surface area contributed by atoms with E-state index in [1.54, 1.807) is 4.90 Å². The minimum Gasteiger partial charge on any atom is -0.344 e. The molecule has 0 bridgehead atoms. The molecule has 1 rings (SSSR count). The summed E-state index contributed by atoms with van der Waals surface area (Å²) in [6.45, 7) is 7.96. The van der Waals surface area contributed by atoms with Crippen molar-refractivity contribution in [1.82, 2.24) is 10.2 Å². The first-order valence-corrected chi connectivity index (χ1v) is 7.53. The number of carbonyl (C=O) groups is 2. The smallest absolute Gasteiger partial charge is 0.243 e. The van der Waals surface area contributed by atoms with E-state index in [1.165, 1.54) is 0 Å². The molecular formula is C15H26N3O3. The number of amides is 2. The summed E-state index contributed by atoms with van der Waals surface area (Å²) in [5.41, 5.74) is 5.89. The quantitative estimate of drug-likeness (QED) is 0.733. The highest BCUT2D eigenvalue weighted by atomic mass is 16.2. The minimum atomic E-state index is -0.645. The lowest BCUT2D eigenvalue weighted by atomic mass is 10.0. The average molecular weight is 296 g/mol. The van der Waals surface area contributed by atoms with E-state index in [4.69, 9.17) is 5.73 Å². The van der Waals surface area contributed by atoms with Crippen molar-refractivity contribution in [2.45, 2.75) is 58.7 Å². The molecule has 0 saturated carbocycles. The Balaban J connectivity index is 2.74. The van der Waals surface area contributed by atoms with Crippen LogP contribution in [0.5, 0.6) is 0 Å². The second-order valence-electron chi connectivity index (χ2n) is 6.31. The second kappa shape index (κ2) is 7.54. The van der Waals surface area contributed by atoms with Gasteiger partial charge in [-0.05, 0) is 24.7 Å². The van der Waals surface area contributed by atoms with Crippen molar-refractivity contribution < 1.29 is 14.4 Å². The Morgan fingerprint density at radius 1 is 1.24 bits per heavy atom. The fourth-order valence-corrected chi connectivity index (χ4v) is 2.36. The van der Waals surface area contributed by atoms with Crippen molar-refractivity contribution >= 4 is 18.1 Å². The number of nitrogens with two attached hydrogens (primary N) is 1. The van der Waals surface area contributed by atoms with Crippen LogP contribution in [0.2, 0.25) is 0 Å². The van der Waals surface area contributed by atoms with Gasteiger partial charge < -0.3 is 16.0 Å². The molecule has 21 heavy (non-hydrogen) atoms. The molecule has 6 heteroatoms. The summed E-state index contributed by atoms with van der Waals surface area (Å²) in [5, 5.41) is 2.66. The normalized spacial score (nSPS) is 21.5. The molecule has 1 fully saturated rings. The number of likely N-dealkylation sites (tertiary alicyclic amines) is 1. The van der Waals surface area contributed by atoms with E-state index in [-0.39, 0.29) is 23.7 Å². The monoisotopic (exact) mass is 296 g/mol. The summed E-state index contributed by atoms with van der Waals surface area (Å²) in [6.07, 6.45) is 3.20. The van der Waals surface area contributed by atoms with Crippen LogP contribution in [0.1, 0.15) is 40.5 Å². The molecule has 1 heterocycles. The molecule has 1 saturated heterocycles. The van der Waals surface area contributed by atoms with E-state index in [0.717, 1.165) is 6.42 Å². The Hall–Kier alpha value is -1.43. The van der Waals surface area contributed by atoms with E-state index < -0.39 is 18.1 Å². The van der Waals surface area contributed by atoms with Gasteiger partial charge in [0.2, 0.25) is 18.1 Å². The molecule has 0 aliphatic carbocycles. The van der Waals surface area contributed by atoms with Crippen molar-refractivity contribution in [2.24, 2.45) is 17.6 Å². The molecule has 119 valence electrons. The highest BCUT2D eigenvalue weighted by Crippen LogP contribution is 2.20. The molecule has 2 amide bonds. The molecule has 6 nitrogen and oxygen atoms in total. The van der Waals surface area contributed by atoms with Gasteiger partial charge in [0, 0.05) is 6.54 Å². The van der Waals surface area contributed by atoms with Gasteiger partial charge in [-0.1, -0.05) is 27.7 Å². The lowest BCUT2D eigenvalue weighted by Crippen LogP contribution is -2.54. The van der Waals surface area contributed by atoms with Crippen molar-refractivity contribution in [3.05, 3.63) is 0 Å². The Morgan fingerprint density at radius 3 is 2.33 bits per heavy atom. The van der Waals surface area contributed by atoms with Crippen molar-refractivity contribution in [2.75, 3.05) is 6.54 Å². The van der Waals surface area contributed by atoms with Crippen molar-refractivity contribution in [3.63, 3.8) is 0 Å². The van der Waals surface area contributed by atoms with Gasteiger partial charge in [0.05, 0.1) is 12.1 Å². The number of nitrogens with one attached hydrogen (secondary N) is 1. The fraction of sp³-hybridized carbons (Fsp3) is 0.800. The van der Waals surface area contributed by atoms with Crippen molar-refractivity contribution in [3.8, 4) is 0 Å². The summed E-state index contributed by atoms with van der Waals surface area (Å²) >= 11 is 0. The highest BCUT2D eigenvalue weighted by molar-refractivity contribution is 5.91. The topological polar surface area (TPSA) is 92.5 Å². The number of nitrogens with zero attached hydrogens (tertiary/aromatic N) is 1. The summed E-state index contributed by atoms with van der Waals surface area (Å²) in [6, 6.07) is -1.78. The average Bonchev–Trinajstić information content (AvgIpc) is 2.91. The van der Waals surface area contributed by atoms with Gasteiger partial charge >= 0.3 is 0 Å². The maximum Gasteiger partial charge on any atom is 0.243 e. The van der Waals surface area contributed by atoms with Crippen LogP contribution >= 0.6 is 0 Å². The third-order valence-corrected chi connectivity index (χ3v) is 3.93. The molecule has 3 N–H and O–H groups in total. The first-order valence-electron chi connectivity index (χ1n) is 7.53. The Bertz CT molecular complexity index is 396. The van der Waals surface area contributed by atoms with Crippen LogP contribution in [0.25, 0.3) is 0 Å². The molecule has 0 spiro atoms. The van der Waals surface area contributed by atoms with E-state index in [9.17, 15) is 14.4 Å². The zero-order chi connectivity index (χ0) is 16.2. The SMILES string of the molecule is CC(C)[C@H](N)C(=O)N1CCC[C@H]1C(=O)N[C@H]([C]=O)C(C)C. The lowest BCUT2D eigenvalue weighted by Gasteiger charge is -2.29. The van der Waals surface area contributed by atoms with Gasteiger partial charge in [0.25, 0.3) is 0 Å². The van der Waals surface area contributed by atoms with Crippen LogP contribution in [0.3, 0.4) is 0 Å². The zero-order valence-corrected chi connectivity index (χ0v) is 13.3. The predicted octanol–water partition coefficient (Wildman–Crippen LogP) is 0.211. The molecular weight excluding hydrogens is 270 g/mol. The van der Waals surface area contributed by atoms with E-state index in [0.29, 0.717) is 13.0 Å². The highest BCUT2D eigenvalue weighted by Gasteiger charge is 2.37. The van der Waals surface area contributed by atoms with Gasteiger partial charge in [0.1, 0.15) is 6.04 Å². The van der Waals surface area contributed by atoms with E-state index in [1.807, 2.05) is 34.0 Å². The number of hydrogen-bond acceptors (Lipinski definition) is 4.